The van der Waals surface area contributed by atoms with Crippen molar-refractivity contribution in [2.45, 2.75) is 33.3 Å². The number of hydrogen-bond acceptors (Lipinski definition) is 1. The minimum Gasteiger partial charge on any atom is -0.390 e. The van der Waals surface area contributed by atoms with E-state index in [1.807, 2.05) is 13.8 Å². The van der Waals surface area contributed by atoms with Gasteiger partial charge in [-0.05, 0) is 20.8 Å². The van der Waals surface area contributed by atoms with E-state index in [2.05, 4.69) is 6.92 Å². The first kappa shape index (κ1) is 9.70. The number of hydrogen-bond donors (Lipinski definition) is 1. The topological polar surface area (TPSA) is 20.2 Å². The molecule has 0 unspecified atom stereocenters. The zero-order valence-electron chi connectivity index (χ0n) is 7.23. The number of rotatable bonds is 2. The molecule has 0 spiro atoms. The molecule has 1 nitrogen and oxygen atoms in total. The largest absolute Gasteiger partial charge is 0.390 e. The monoisotopic (exact) mass is 140 g/mol. The van der Waals surface area contributed by atoms with Gasteiger partial charge in [-0.3, -0.25) is 0 Å². The van der Waals surface area contributed by atoms with E-state index in [0.717, 1.165) is 0 Å². The molecule has 0 bridgehead atoms. The Morgan fingerprint density at radius 2 is 1.60 bits per heavy atom. The lowest BCUT2D eigenvalue weighted by atomic mass is 9.73. The Morgan fingerprint density at radius 1 is 1.30 bits per heavy atom. The van der Waals surface area contributed by atoms with Gasteiger partial charge < -0.3 is 5.11 Å². The Labute approximate surface area is 63.8 Å². The van der Waals surface area contributed by atoms with Crippen LogP contribution in [0.2, 0.25) is 0 Å². The van der Waals surface area contributed by atoms with Crippen LogP contribution < -0.4 is 0 Å². The Hall–Kier alpha value is -0.300. The molecule has 0 saturated heterocycles. The van der Waals surface area contributed by atoms with Gasteiger partial charge in [0.05, 0.1) is 5.60 Å². The molecule has 0 aliphatic heterocycles. The van der Waals surface area contributed by atoms with Crippen LogP contribution in [-0.4, -0.2) is 10.7 Å². The molecule has 10 heavy (non-hydrogen) atoms. The van der Waals surface area contributed by atoms with Crippen LogP contribution in [0.1, 0.15) is 27.7 Å². The first-order valence-electron chi connectivity index (χ1n) is 3.37. The van der Waals surface area contributed by atoms with Gasteiger partial charge in [0.25, 0.3) is 0 Å². The van der Waals surface area contributed by atoms with Crippen LogP contribution in [0.15, 0.2) is 5.57 Å². The molecule has 0 aliphatic rings. The third kappa shape index (κ3) is 1.60. The maximum Gasteiger partial charge on any atom is 0.0679 e. The predicted octanol–water partition coefficient (Wildman–Crippen LogP) is 1.98. The molecule has 0 aromatic heterocycles. The lowest BCUT2D eigenvalue weighted by Crippen LogP contribution is -2.39. The number of aliphatic hydroxyl groups is 1. The Morgan fingerprint density at radius 3 is 1.60 bits per heavy atom. The Balaban J connectivity index is 4.57. The van der Waals surface area contributed by atoms with Crippen LogP contribution in [0.3, 0.4) is 0 Å². The highest BCUT2D eigenvalue weighted by atomic mass is 16.3. The first-order chi connectivity index (χ1) is 4.19. The quantitative estimate of drug-likeness (QED) is 0.621. The van der Waals surface area contributed by atoms with Gasteiger partial charge in [0.1, 0.15) is 0 Å². The standard InChI is InChI=1S/C9H16O/c1-7(2)8(3,4)9(5,6)10/h1,10H,2H2,3-6H3. The molecule has 0 saturated carbocycles. The third-order valence-electron chi connectivity index (χ3n) is 2.33. The smallest absolute Gasteiger partial charge is 0.0679 e. The molecule has 2 radical (unpaired) electrons. The summed E-state index contributed by atoms with van der Waals surface area (Å²) in [5.74, 6) is 0. The van der Waals surface area contributed by atoms with Gasteiger partial charge in [0, 0.05) is 5.41 Å². The van der Waals surface area contributed by atoms with Crippen LogP contribution in [0, 0.1) is 18.9 Å². The minimum atomic E-state index is -0.807. The van der Waals surface area contributed by atoms with Crippen molar-refractivity contribution in [3.63, 3.8) is 0 Å². The van der Waals surface area contributed by atoms with Crippen LogP contribution in [0.4, 0.5) is 0 Å². The van der Waals surface area contributed by atoms with Gasteiger partial charge in [-0.1, -0.05) is 26.0 Å². The van der Waals surface area contributed by atoms with Gasteiger partial charge >= 0.3 is 0 Å². The third-order valence-corrected chi connectivity index (χ3v) is 2.33. The fourth-order valence-corrected chi connectivity index (χ4v) is 0.393. The molecule has 0 atom stereocenters. The minimum absolute atomic E-state index is 0.424. The average molecular weight is 140 g/mol. The molecule has 1 heteroatoms. The van der Waals surface area contributed by atoms with E-state index in [-0.39, 0.29) is 0 Å². The van der Waals surface area contributed by atoms with Crippen molar-refractivity contribution in [3.05, 3.63) is 19.1 Å². The summed E-state index contributed by atoms with van der Waals surface area (Å²) in [6.07, 6.45) is 0. The molecule has 0 rings (SSSR count). The van der Waals surface area contributed by atoms with E-state index in [0.29, 0.717) is 5.57 Å². The van der Waals surface area contributed by atoms with Crippen molar-refractivity contribution in [2.75, 3.05) is 0 Å². The maximum atomic E-state index is 9.57. The van der Waals surface area contributed by atoms with Crippen LogP contribution >= 0.6 is 0 Å². The second kappa shape index (κ2) is 2.39. The first-order valence-corrected chi connectivity index (χ1v) is 3.37. The van der Waals surface area contributed by atoms with Gasteiger partial charge in [0.2, 0.25) is 0 Å². The second-order valence-corrected chi connectivity index (χ2v) is 3.71. The van der Waals surface area contributed by atoms with E-state index < -0.39 is 11.0 Å². The van der Waals surface area contributed by atoms with E-state index in [1.165, 1.54) is 0 Å². The Kier molecular flexibility index (Phi) is 2.32. The van der Waals surface area contributed by atoms with Gasteiger partial charge in [-0.25, -0.2) is 0 Å². The summed E-state index contributed by atoms with van der Waals surface area (Å²) < 4.78 is 0. The molecular weight excluding hydrogens is 124 g/mol. The summed E-state index contributed by atoms with van der Waals surface area (Å²) in [6, 6.07) is 0. The highest BCUT2D eigenvalue weighted by Gasteiger charge is 2.35. The summed E-state index contributed by atoms with van der Waals surface area (Å²) in [5, 5.41) is 9.57. The molecule has 0 aliphatic carbocycles. The predicted molar refractivity (Wildman–Crippen MR) is 43.2 cm³/mol. The Bertz CT molecular complexity index is 137. The van der Waals surface area contributed by atoms with Crippen LogP contribution in [0.5, 0.6) is 0 Å². The lowest BCUT2D eigenvalue weighted by molar-refractivity contribution is -0.0120. The van der Waals surface area contributed by atoms with Gasteiger partial charge in [-0.2, -0.15) is 0 Å². The zero-order valence-corrected chi connectivity index (χ0v) is 7.23. The van der Waals surface area contributed by atoms with Gasteiger partial charge in [-0.15, -0.1) is 0 Å². The SMILES string of the molecule is [CH]=C([CH2])C(C)(C)C(C)(C)O. The molecule has 0 heterocycles. The summed E-state index contributed by atoms with van der Waals surface area (Å²) >= 11 is 0. The lowest BCUT2D eigenvalue weighted by Gasteiger charge is -2.37. The molecule has 0 aromatic rings. The van der Waals surface area contributed by atoms with Crippen molar-refractivity contribution in [3.8, 4) is 0 Å². The normalized spacial score (nSPS) is 13.4. The van der Waals surface area contributed by atoms with Crippen molar-refractivity contribution in [1.82, 2.24) is 0 Å². The average Bonchev–Trinajstić information content (AvgIpc) is 1.62. The molecule has 58 valence electrons. The highest BCUT2D eigenvalue weighted by Crippen LogP contribution is 2.35. The van der Waals surface area contributed by atoms with Crippen molar-refractivity contribution < 1.29 is 5.11 Å². The fourth-order valence-electron chi connectivity index (χ4n) is 0.393. The summed E-state index contributed by atoms with van der Waals surface area (Å²) in [7, 11) is 0. The van der Waals surface area contributed by atoms with Crippen LogP contribution in [-0.2, 0) is 0 Å². The van der Waals surface area contributed by atoms with Gasteiger partial charge in [0.15, 0.2) is 0 Å². The molecule has 0 fully saturated rings. The summed E-state index contributed by atoms with van der Waals surface area (Å²) in [4.78, 5) is 0. The molecular formula is C9H16O. The highest BCUT2D eigenvalue weighted by molar-refractivity contribution is 5.13. The maximum absolute atomic E-state index is 9.57. The zero-order chi connectivity index (χ0) is 8.58. The second-order valence-electron chi connectivity index (χ2n) is 3.71. The molecule has 0 amide bonds. The van der Waals surface area contributed by atoms with E-state index in [4.69, 9.17) is 6.58 Å². The van der Waals surface area contributed by atoms with E-state index >= 15 is 0 Å². The molecule has 1 N–H and O–H groups in total. The van der Waals surface area contributed by atoms with E-state index in [9.17, 15) is 5.11 Å². The summed E-state index contributed by atoms with van der Waals surface area (Å²) in [6.45, 7) is 16.3. The van der Waals surface area contributed by atoms with Crippen molar-refractivity contribution in [1.29, 1.82) is 0 Å². The molecule has 0 aromatic carbocycles. The summed E-state index contributed by atoms with van der Waals surface area (Å²) in [5.41, 5.74) is -0.716. The van der Waals surface area contributed by atoms with E-state index in [1.54, 1.807) is 13.8 Å². The van der Waals surface area contributed by atoms with Crippen molar-refractivity contribution in [2.24, 2.45) is 5.41 Å². The van der Waals surface area contributed by atoms with Crippen molar-refractivity contribution >= 4 is 0 Å². The van der Waals surface area contributed by atoms with Crippen LogP contribution in [0.25, 0.3) is 0 Å². The fraction of sp³-hybridized carbons (Fsp3) is 0.667.